The Morgan fingerprint density at radius 1 is 0.359 bits per heavy atom. The van der Waals surface area contributed by atoms with E-state index in [9.17, 15) is 0 Å². The number of hydrogen-bond acceptors (Lipinski definition) is 1. The van der Waals surface area contributed by atoms with Crippen LogP contribution in [0.15, 0.2) is 249 Å². The number of aryl methyl sites for hydroxylation is 1. The lowest BCUT2D eigenvalue weighted by atomic mass is 9.67. The molecule has 1 atom stereocenters. The van der Waals surface area contributed by atoms with E-state index in [1.165, 1.54) is 101 Å². The van der Waals surface area contributed by atoms with Gasteiger partial charge in [-0.2, -0.15) is 0 Å². The Hall–Kier alpha value is -7.58. The van der Waals surface area contributed by atoms with Gasteiger partial charge in [0.05, 0.1) is 5.41 Å². The minimum absolute atomic E-state index is 0.412. The molecular formula is C63H53N. The molecule has 0 aromatic heterocycles. The van der Waals surface area contributed by atoms with Gasteiger partial charge in [0.2, 0.25) is 0 Å². The quantitative estimate of drug-likeness (QED) is 0.170. The van der Waals surface area contributed by atoms with Crippen molar-refractivity contribution < 1.29 is 0 Å². The van der Waals surface area contributed by atoms with Crippen LogP contribution in [0, 0.1) is 6.92 Å². The molecule has 64 heavy (non-hydrogen) atoms. The van der Waals surface area contributed by atoms with Crippen molar-refractivity contribution in [2.24, 2.45) is 5.73 Å². The largest absolute Gasteiger partial charge is 0.333 e. The van der Waals surface area contributed by atoms with E-state index in [1.54, 1.807) is 0 Å². The van der Waals surface area contributed by atoms with E-state index < -0.39 is 5.41 Å². The van der Waals surface area contributed by atoms with Gasteiger partial charge in [0.1, 0.15) is 0 Å². The fourth-order valence-electron chi connectivity index (χ4n) is 9.88. The molecule has 0 amide bonds. The Balaban J connectivity index is 0.000000198. The first-order valence-corrected chi connectivity index (χ1v) is 22.3. The summed E-state index contributed by atoms with van der Waals surface area (Å²) in [4.78, 5) is 0. The number of benzene rings is 10. The highest BCUT2D eigenvalue weighted by molar-refractivity contribution is 6.07. The lowest BCUT2D eigenvalue weighted by Gasteiger charge is -2.34. The van der Waals surface area contributed by atoms with Crippen molar-refractivity contribution in [3.63, 3.8) is 0 Å². The first kappa shape index (κ1) is 41.8. The van der Waals surface area contributed by atoms with E-state index in [0.29, 0.717) is 5.92 Å². The van der Waals surface area contributed by atoms with Gasteiger partial charge in [-0.05, 0) is 103 Å². The summed E-state index contributed by atoms with van der Waals surface area (Å²) >= 11 is 0. The molecule has 2 N–H and O–H groups in total. The van der Waals surface area contributed by atoms with Crippen molar-refractivity contribution in [3.8, 4) is 44.5 Å². The van der Waals surface area contributed by atoms with Crippen LogP contribution in [-0.4, -0.2) is 7.05 Å². The monoisotopic (exact) mass is 823 g/mol. The highest BCUT2D eigenvalue weighted by Crippen LogP contribution is 2.59. The van der Waals surface area contributed by atoms with Gasteiger partial charge >= 0.3 is 0 Å². The first-order chi connectivity index (χ1) is 31.6. The molecule has 11 rings (SSSR count). The number of nitrogens with two attached hydrogens (primary N) is 1. The summed E-state index contributed by atoms with van der Waals surface area (Å²) in [5.74, 6) is 0.417. The average Bonchev–Trinajstić information content (AvgIpc) is 3.69. The van der Waals surface area contributed by atoms with Crippen LogP contribution in [0.25, 0.3) is 55.3 Å². The summed E-state index contributed by atoms with van der Waals surface area (Å²) in [5.41, 5.74) is 23.6. The topological polar surface area (TPSA) is 26.0 Å². The normalized spacial score (nSPS) is 12.4. The molecule has 1 aliphatic carbocycles. The summed E-state index contributed by atoms with van der Waals surface area (Å²) in [6.45, 7) is 4.44. The first-order valence-electron chi connectivity index (χ1n) is 22.3. The van der Waals surface area contributed by atoms with Crippen molar-refractivity contribution in [2.75, 3.05) is 7.05 Å². The molecule has 310 valence electrons. The molecule has 1 unspecified atom stereocenters. The molecule has 0 saturated carbocycles. The van der Waals surface area contributed by atoms with Crippen LogP contribution in [0.4, 0.5) is 0 Å². The van der Waals surface area contributed by atoms with Gasteiger partial charge in [0.25, 0.3) is 0 Å². The molecule has 0 heterocycles. The van der Waals surface area contributed by atoms with Gasteiger partial charge in [-0.3, -0.25) is 0 Å². The standard InChI is InChI=1S/C42H30.C20H18.CH5N/c1-29-14-12-16-31(28-29)40-34-21-9-8-15-30(34)26-27-36(40)35-23-13-25-39-41(35)37-22-10-11-24-38(37)42(39,32-17-4-2-5-18-32)33-19-6-3-7-20-33;1-16(17-9-4-2-5-10-17)19-13-8-14-20(15-19)18-11-6-3-7-12-18;1-2/h2-28H,1H3;2-16H,1H3;2H2,1H3. The third-order valence-electron chi connectivity index (χ3n) is 12.8. The summed E-state index contributed by atoms with van der Waals surface area (Å²) in [5, 5.41) is 2.54. The van der Waals surface area contributed by atoms with Crippen LogP contribution >= 0.6 is 0 Å². The second-order valence-electron chi connectivity index (χ2n) is 16.5. The summed E-state index contributed by atoms with van der Waals surface area (Å²) in [6, 6.07) is 90.4. The molecule has 10 aromatic rings. The molecule has 1 aliphatic rings. The van der Waals surface area contributed by atoms with Gasteiger partial charge in [-0.25, -0.2) is 0 Å². The molecule has 0 radical (unpaired) electrons. The summed E-state index contributed by atoms with van der Waals surface area (Å²) in [6.07, 6.45) is 0. The van der Waals surface area contributed by atoms with Crippen molar-refractivity contribution in [3.05, 3.63) is 288 Å². The van der Waals surface area contributed by atoms with Crippen LogP contribution < -0.4 is 5.73 Å². The van der Waals surface area contributed by atoms with Crippen LogP contribution in [0.3, 0.4) is 0 Å². The minimum atomic E-state index is -0.412. The fraction of sp³-hybridized carbons (Fsp3) is 0.0794. The van der Waals surface area contributed by atoms with Crippen LogP contribution in [0.5, 0.6) is 0 Å². The Labute approximate surface area is 379 Å². The predicted octanol–water partition coefficient (Wildman–Crippen LogP) is 15.9. The van der Waals surface area contributed by atoms with Crippen molar-refractivity contribution in [2.45, 2.75) is 25.2 Å². The molecule has 10 aromatic carbocycles. The van der Waals surface area contributed by atoms with Crippen molar-refractivity contribution >= 4 is 10.8 Å². The van der Waals surface area contributed by atoms with Gasteiger partial charge in [0, 0.05) is 5.92 Å². The highest BCUT2D eigenvalue weighted by atomic mass is 14.5. The predicted molar refractivity (Wildman–Crippen MR) is 273 cm³/mol. The van der Waals surface area contributed by atoms with Crippen LogP contribution in [0.2, 0.25) is 0 Å². The smallest absolute Gasteiger partial charge is 0.0713 e. The van der Waals surface area contributed by atoms with Crippen molar-refractivity contribution in [1.82, 2.24) is 0 Å². The summed E-state index contributed by atoms with van der Waals surface area (Å²) in [7, 11) is 1.50. The molecular weight excluding hydrogens is 771 g/mol. The van der Waals surface area contributed by atoms with E-state index in [2.05, 4.69) is 268 Å². The lowest BCUT2D eigenvalue weighted by molar-refractivity contribution is 0.768. The molecule has 0 aliphatic heterocycles. The maximum absolute atomic E-state index is 4.50. The molecule has 0 spiro atoms. The lowest BCUT2D eigenvalue weighted by Crippen LogP contribution is -2.28. The van der Waals surface area contributed by atoms with E-state index in [-0.39, 0.29) is 0 Å². The second kappa shape index (κ2) is 18.8. The highest BCUT2D eigenvalue weighted by Gasteiger charge is 2.46. The van der Waals surface area contributed by atoms with Gasteiger partial charge in [-0.1, -0.05) is 261 Å². The van der Waals surface area contributed by atoms with E-state index in [4.69, 9.17) is 0 Å². The Morgan fingerprint density at radius 3 is 1.56 bits per heavy atom. The Morgan fingerprint density at radius 2 is 0.859 bits per heavy atom. The van der Waals surface area contributed by atoms with Crippen molar-refractivity contribution in [1.29, 1.82) is 0 Å². The molecule has 0 fully saturated rings. The number of fused-ring (bicyclic) bond motifs is 4. The van der Waals surface area contributed by atoms with E-state index >= 15 is 0 Å². The molecule has 0 saturated heterocycles. The zero-order chi connectivity index (χ0) is 43.9. The average molecular weight is 824 g/mol. The van der Waals surface area contributed by atoms with Crippen LogP contribution in [-0.2, 0) is 5.41 Å². The maximum atomic E-state index is 4.50. The third kappa shape index (κ3) is 7.77. The zero-order valence-electron chi connectivity index (χ0n) is 36.8. The molecule has 1 heteroatoms. The van der Waals surface area contributed by atoms with Crippen LogP contribution in [0.1, 0.15) is 51.8 Å². The van der Waals surface area contributed by atoms with Gasteiger partial charge in [-0.15, -0.1) is 0 Å². The number of hydrogen-bond donors (Lipinski definition) is 1. The fourth-order valence-corrected chi connectivity index (χ4v) is 9.88. The number of rotatable bonds is 7. The third-order valence-corrected chi connectivity index (χ3v) is 12.8. The Kier molecular flexibility index (Phi) is 12.3. The van der Waals surface area contributed by atoms with E-state index in [0.717, 1.165) is 0 Å². The van der Waals surface area contributed by atoms with E-state index in [1.807, 2.05) is 0 Å². The van der Waals surface area contributed by atoms with Gasteiger partial charge < -0.3 is 5.73 Å². The van der Waals surface area contributed by atoms with Gasteiger partial charge in [0.15, 0.2) is 0 Å². The Bertz CT molecular complexity index is 3090. The molecule has 0 bridgehead atoms. The second-order valence-corrected chi connectivity index (χ2v) is 16.5. The SMILES string of the molecule is CC(c1ccccc1)c1cccc(-c2ccccc2)c1.CN.Cc1cccc(-c2c(-c3cccc4c3-c3ccccc3C4(c3ccccc3)c3ccccc3)ccc3ccccc23)c1. The summed E-state index contributed by atoms with van der Waals surface area (Å²) < 4.78 is 0. The molecule has 1 nitrogen and oxygen atoms in total. The minimum Gasteiger partial charge on any atom is -0.333 e. The zero-order valence-corrected chi connectivity index (χ0v) is 36.8. The maximum Gasteiger partial charge on any atom is 0.0713 e.